The lowest BCUT2D eigenvalue weighted by Gasteiger charge is -2.21. The molecular formula is C24H29N7O5. The van der Waals surface area contributed by atoms with Crippen molar-refractivity contribution >= 4 is 34.9 Å². The van der Waals surface area contributed by atoms with Gasteiger partial charge in [0.15, 0.2) is 11.2 Å². The molecule has 2 amide bonds. The number of aliphatic carboxylic acids is 1. The number of hydrogen-bond acceptors (Lipinski definition) is 8. The van der Waals surface area contributed by atoms with Gasteiger partial charge in [-0.1, -0.05) is 12.1 Å². The molecule has 36 heavy (non-hydrogen) atoms. The molecule has 0 aliphatic carbocycles. The minimum Gasteiger partial charge on any atom is -0.480 e. The summed E-state index contributed by atoms with van der Waals surface area (Å²) in [6.45, 7) is 5.49. The molecule has 12 nitrogen and oxygen atoms in total. The lowest BCUT2D eigenvalue weighted by molar-refractivity contribution is -0.139. The molecule has 0 unspecified atom stereocenters. The number of nitrogens with zero attached hydrogens (tertiary/aromatic N) is 3. The minimum absolute atomic E-state index is 0.0273. The van der Waals surface area contributed by atoms with Crippen molar-refractivity contribution in [2.45, 2.75) is 58.0 Å². The Balaban J connectivity index is 1.57. The number of nitrogens with two attached hydrogens (primary N) is 1. The molecule has 0 bridgehead atoms. The second-order valence-electron chi connectivity index (χ2n) is 9.38. The first kappa shape index (κ1) is 26.3. The van der Waals surface area contributed by atoms with Gasteiger partial charge in [0, 0.05) is 17.5 Å². The van der Waals surface area contributed by atoms with Crippen LogP contribution in [0.25, 0.3) is 11.2 Å². The van der Waals surface area contributed by atoms with Crippen molar-refractivity contribution in [3.63, 3.8) is 0 Å². The summed E-state index contributed by atoms with van der Waals surface area (Å²) in [5.41, 5.74) is 6.71. The first-order valence-electron chi connectivity index (χ1n) is 11.4. The Hall–Kier alpha value is -4.35. The topological polar surface area (TPSA) is 193 Å². The smallest absolute Gasteiger partial charge is 0.326 e. The molecule has 3 rings (SSSR count). The third kappa shape index (κ3) is 7.32. The number of H-pyrrole nitrogens is 1. The molecule has 12 heteroatoms. The van der Waals surface area contributed by atoms with Crippen LogP contribution in [0.3, 0.4) is 0 Å². The third-order valence-corrected chi connectivity index (χ3v) is 5.15. The highest BCUT2D eigenvalue weighted by Crippen LogP contribution is 2.11. The monoisotopic (exact) mass is 495 g/mol. The summed E-state index contributed by atoms with van der Waals surface area (Å²) in [5, 5.41) is 14.7. The summed E-state index contributed by atoms with van der Waals surface area (Å²) >= 11 is 0. The fourth-order valence-corrected chi connectivity index (χ4v) is 3.44. The normalized spacial score (nSPS) is 12.2. The molecule has 0 saturated carbocycles. The summed E-state index contributed by atoms with van der Waals surface area (Å²) in [7, 11) is 0. The largest absolute Gasteiger partial charge is 0.480 e. The molecule has 190 valence electrons. The lowest BCUT2D eigenvalue weighted by atomic mass is 10.0. The van der Waals surface area contributed by atoms with Gasteiger partial charge in [-0.2, -0.15) is 4.98 Å². The number of aromatic amines is 1. The molecule has 2 aromatic heterocycles. The van der Waals surface area contributed by atoms with Gasteiger partial charge in [-0.25, -0.2) is 14.8 Å². The van der Waals surface area contributed by atoms with E-state index < -0.39 is 29.0 Å². The molecule has 0 saturated heterocycles. The zero-order chi connectivity index (χ0) is 26.5. The Kier molecular flexibility index (Phi) is 7.97. The van der Waals surface area contributed by atoms with Crippen LogP contribution in [-0.4, -0.2) is 54.4 Å². The number of aromatic nitrogens is 4. The Labute approximate surface area is 206 Å². The number of nitrogens with one attached hydrogen (secondary N) is 3. The number of carboxylic acid groups (broad SMARTS) is 1. The second-order valence-corrected chi connectivity index (χ2v) is 9.38. The zero-order valence-electron chi connectivity index (χ0n) is 20.3. The Morgan fingerprint density at radius 1 is 1.11 bits per heavy atom. The molecule has 3 aromatic rings. The van der Waals surface area contributed by atoms with Crippen molar-refractivity contribution in [1.29, 1.82) is 0 Å². The van der Waals surface area contributed by atoms with Crippen LogP contribution < -0.4 is 21.9 Å². The number of fused-ring (bicyclic) bond motifs is 1. The van der Waals surface area contributed by atoms with Gasteiger partial charge in [-0.3, -0.25) is 19.4 Å². The predicted octanol–water partition coefficient (Wildman–Crippen LogP) is 0.958. The molecule has 2 heterocycles. The van der Waals surface area contributed by atoms with Gasteiger partial charge >= 0.3 is 5.97 Å². The van der Waals surface area contributed by atoms with Crippen molar-refractivity contribution in [3.05, 3.63) is 57.6 Å². The van der Waals surface area contributed by atoms with E-state index in [1.165, 1.54) is 6.20 Å². The maximum absolute atomic E-state index is 12.6. The summed E-state index contributed by atoms with van der Waals surface area (Å²) < 4.78 is 0. The van der Waals surface area contributed by atoms with Gasteiger partial charge in [0.1, 0.15) is 6.04 Å². The molecule has 1 aromatic carbocycles. The third-order valence-electron chi connectivity index (χ3n) is 5.15. The number of carbonyl (C=O) groups is 3. The molecule has 1 atom stereocenters. The second kappa shape index (κ2) is 10.9. The quantitative estimate of drug-likeness (QED) is 0.287. The van der Waals surface area contributed by atoms with Crippen LogP contribution in [0.5, 0.6) is 0 Å². The molecule has 6 N–H and O–H groups in total. The van der Waals surface area contributed by atoms with Crippen LogP contribution in [0, 0.1) is 0 Å². The number of carboxylic acids is 1. The molecule has 0 fully saturated rings. The number of aryl methyl sites for hydroxylation is 2. The van der Waals surface area contributed by atoms with E-state index in [4.69, 9.17) is 5.73 Å². The molecule has 0 radical (unpaired) electrons. The fourth-order valence-electron chi connectivity index (χ4n) is 3.44. The average Bonchev–Trinajstić information content (AvgIpc) is 2.79. The summed E-state index contributed by atoms with van der Waals surface area (Å²) in [4.78, 5) is 62.9. The number of carbonyl (C=O) groups excluding carboxylic acids is 2. The molecular weight excluding hydrogens is 466 g/mol. The number of anilines is 1. The maximum Gasteiger partial charge on any atom is 0.326 e. The number of hydrogen-bond donors (Lipinski definition) is 5. The van der Waals surface area contributed by atoms with Crippen molar-refractivity contribution in [1.82, 2.24) is 30.6 Å². The zero-order valence-corrected chi connectivity index (χ0v) is 20.3. The van der Waals surface area contributed by atoms with E-state index >= 15 is 0 Å². The minimum atomic E-state index is -1.21. The number of rotatable bonds is 9. The van der Waals surface area contributed by atoms with Crippen LogP contribution >= 0.6 is 0 Å². The predicted molar refractivity (Wildman–Crippen MR) is 132 cm³/mol. The van der Waals surface area contributed by atoms with E-state index in [9.17, 15) is 24.3 Å². The number of benzene rings is 1. The van der Waals surface area contributed by atoms with E-state index in [0.29, 0.717) is 24.1 Å². The van der Waals surface area contributed by atoms with E-state index in [2.05, 4.69) is 30.6 Å². The lowest BCUT2D eigenvalue weighted by Crippen LogP contribution is -2.44. The molecule has 0 spiro atoms. The van der Waals surface area contributed by atoms with Crippen LogP contribution in [0.1, 0.15) is 55.2 Å². The summed E-state index contributed by atoms with van der Waals surface area (Å²) in [5.74, 6) is -2.07. The van der Waals surface area contributed by atoms with E-state index in [0.717, 1.165) is 5.56 Å². The Bertz CT molecular complexity index is 1330. The van der Waals surface area contributed by atoms with Gasteiger partial charge in [-0.15, -0.1) is 0 Å². The van der Waals surface area contributed by atoms with Gasteiger partial charge in [0.05, 0.1) is 11.9 Å². The molecule has 0 aliphatic rings. The van der Waals surface area contributed by atoms with Crippen molar-refractivity contribution in [2.75, 3.05) is 5.73 Å². The van der Waals surface area contributed by atoms with Gasteiger partial charge in [-0.05, 0) is 57.7 Å². The highest BCUT2D eigenvalue weighted by Gasteiger charge is 2.23. The van der Waals surface area contributed by atoms with Crippen LogP contribution in [0.2, 0.25) is 0 Å². The van der Waals surface area contributed by atoms with Gasteiger partial charge in [0.25, 0.3) is 11.5 Å². The first-order chi connectivity index (χ1) is 16.9. The fraction of sp³-hybridized carbons (Fsp3) is 0.375. The van der Waals surface area contributed by atoms with Crippen LogP contribution in [0.15, 0.2) is 35.3 Å². The van der Waals surface area contributed by atoms with Gasteiger partial charge < -0.3 is 21.5 Å². The maximum atomic E-state index is 12.6. The summed E-state index contributed by atoms with van der Waals surface area (Å²) in [6, 6.07) is 5.51. The van der Waals surface area contributed by atoms with Crippen molar-refractivity contribution in [3.8, 4) is 0 Å². The van der Waals surface area contributed by atoms with Crippen molar-refractivity contribution in [2.24, 2.45) is 0 Å². The van der Waals surface area contributed by atoms with Crippen LogP contribution in [-0.2, 0) is 22.4 Å². The van der Waals surface area contributed by atoms with Gasteiger partial charge in [0.2, 0.25) is 11.9 Å². The average molecular weight is 496 g/mol. The highest BCUT2D eigenvalue weighted by molar-refractivity contribution is 5.96. The van der Waals surface area contributed by atoms with E-state index in [1.807, 2.05) is 20.8 Å². The first-order valence-corrected chi connectivity index (χ1v) is 11.4. The SMILES string of the molecule is CC(C)(C)NC(=O)CC[C@H](NC(=O)c1ccc(CCc2cnc3nc(N)[nH]c(=O)c3n2)cc1)C(=O)O. The molecule has 0 aliphatic heterocycles. The Morgan fingerprint density at radius 3 is 2.44 bits per heavy atom. The summed E-state index contributed by atoms with van der Waals surface area (Å²) in [6.07, 6.45) is 2.54. The standard InChI is InChI=1S/C24H29N7O5/c1-24(2,3)31-17(32)11-10-16(22(35)36)28-20(33)14-7-4-13(5-8-14)6-9-15-12-26-19-18(27-15)21(34)30-23(25)29-19/h4-5,7-8,12,16H,6,9-11H2,1-3H3,(H,28,33)(H,31,32)(H,35,36)(H3,25,26,29,30,34)/t16-/m0/s1. The van der Waals surface area contributed by atoms with Crippen molar-refractivity contribution < 1.29 is 19.5 Å². The van der Waals surface area contributed by atoms with Crippen LogP contribution in [0.4, 0.5) is 5.95 Å². The van der Waals surface area contributed by atoms with E-state index in [-0.39, 0.29) is 35.9 Å². The highest BCUT2D eigenvalue weighted by atomic mass is 16.4. The van der Waals surface area contributed by atoms with E-state index in [1.54, 1.807) is 24.3 Å². The Morgan fingerprint density at radius 2 is 1.81 bits per heavy atom. The number of nitrogen functional groups attached to an aromatic ring is 1. The number of amides is 2.